The van der Waals surface area contributed by atoms with E-state index in [1.54, 1.807) is 37.3 Å². The van der Waals surface area contributed by atoms with Crippen LogP contribution in [0.3, 0.4) is 0 Å². The molecule has 0 N–H and O–H groups in total. The Morgan fingerprint density at radius 3 is 1.84 bits per heavy atom. The zero-order chi connectivity index (χ0) is 22.8. The van der Waals surface area contributed by atoms with Crippen molar-refractivity contribution >= 4 is 19.7 Å². The average molecular weight is 463 g/mol. The molecule has 0 aromatic heterocycles. The van der Waals surface area contributed by atoms with Crippen molar-refractivity contribution in [2.45, 2.75) is 33.1 Å². The van der Waals surface area contributed by atoms with Gasteiger partial charge in [0.15, 0.2) is 5.60 Å². The smallest absolute Gasteiger partial charge is 0.349 e. The van der Waals surface area contributed by atoms with E-state index in [4.69, 9.17) is 4.74 Å². The molecule has 2 aromatic carbocycles. The molecule has 3 rings (SSSR count). The van der Waals surface area contributed by atoms with E-state index in [0.717, 1.165) is 7.11 Å². The van der Waals surface area contributed by atoms with Gasteiger partial charge in [-0.15, -0.1) is 0 Å². The minimum Gasteiger partial charge on any atom is -0.368 e. The molecule has 164 valence electrons. The summed E-state index contributed by atoms with van der Waals surface area (Å²) in [5.41, 5.74) is -1.79. The zero-order valence-corrected chi connectivity index (χ0v) is 18.7. The summed E-state index contributed by atoms with van der Waals surface area (Å²) in [6.07, 6.45) is 7.30. The van der Waals surface area contributed by atoms with E-state index in [2.05, 4.69) is 0 Å². The van der Waals surface area contributed by atoms with Gasteiger partial charge in [-0.05, 0) is 42.8 Å². The lowest BCUT2D eigenvalue weighted by Gasteiger charge is -2.42. The number of alkyl halides is 1. The maximum Gasteiger partial charge on any atom is 0.349 e. The van der Waals surface area contributed by atoms with E-state index >= 15 is 4.39 Å². The normalized spacial score (nSPS) is 20.0. The van der Waals surface area contributed by atoms with Crippen molar-refractivity contribution in [3.05, 3.63) is 96.6 Å². The van der Waals surface area contributed by atoms with Crippen molar-refractivity contribution in [2.75, 3.05) is 7.11 Å². The summed E-state index contributed by atoms with van der Waals surface area (Å²) in [6.45, 7) is 1.75. The predicted molar refractivity (Wildman–Crippen MR) is 117 cm³/mol. The first-order valence-electron chi connectivity index (χ1n) is 9.51. The molecule has 2 aromatic rings. The minimum absolute atomic E-state index is 0.293. The molecule has 0 saturated carbocycles. The molecule has 31 heavy (non-hydrogen) atoms. The fourth-order valence-electron chi connectivity index (χ4n) is 3.65. The van der Waals surface area contributed by atoms with Crippen LogP contribution in [0, 0.1) is 0 Å². The lowest BCUT2D eigenvalue weighted by Crippen LogP contribution is -2.61. The maximum atomic E-state index is 17.3. The number of benzene rings is 2. The Balaban J connectivity index is 2.38. The monoisotopic (exact) mass is 462 g/mol. The standard InChI is InChI=1S/C23H23FO5S2/c1-3-11-19-12-10-17-22(18-19,29-2)23(24,30(25,26)20-13-6-4-7-14-20)31(27,28)21-15-8-5-9-16-21/h3-17H,18H2,1-2H3. The van der Waals surface area contributed by atoms with E-state index in [1.807, 2.05) is 0 Å². The number of sulfone groups is 2. The van der Waals surface area contributed by atoms with Crippen LogP contribution >= 0.6 is 0 Å². The second kappa shape index (κ2) is 8.53. The van der Waals surface area contributed by atoms with Gasteiger partial charge in [-0.2, -0.15) is 0 Å². The molecule has 0 radical (unpaired) electrons. The van der Waals surface area contributed by atoms with Crippen molar-refractivity contribution in [2.24, 2.45) is 0 Å². The van der Waals surface area contributed by atoms with Crippen molar-refractivity contribution in [3.63, 3.8) is 0 Å². The van der Waals surface area contributed by atoms with Crippen molar-refractivity contribution in [3.8, 4) is 0 Å². The zero-order valence-electron chi connectivity index (χ0n) is 17.1. The molecule has 1 atom stereocenters. The topological polar surface area (TPSA) is 77.5 Å². The molecule has 0 saturated heterocycles. The first-order chi connectivity index (χ1) is 14.7. The summed E-state index contributed by atoms with van der Waals surface area (Å²) in [5, 5.41) is 0. The van der Waals surface area contributed by atoms with Gasteiger partial charge < -0.3 is 4.74 Å². The number of methoxy groups -OCH3 is 1. The van der Waals surface area contributed by atoms with Gasteiger partial charge in [0, 0.05) is 13.5 Å². The Labute approximate surface area is 182 Å². The van der Waals surface area contributed by atoms with Crippen LogP contribution in [0.4, 0.5) is 4.39 Å². The summed E-state index contributed by atoms with van der Waals surface area (Å²) in [7, 11) is -9.08. The Morgan fingerprint density at radius 1 is 0.935 bits per heavy atom. The number of hydrogen-bond acceptors (Lipinski definition) is 5. The molecule has 1 unspecified atom stereocenters. The molecule has 0 amide bonds. The van der Waals surface area contributed by atoms with Crippen LogP contribution in [0.15, 0.2) is 106 Å². The molecular weight excluding hydrogens is 439 g/mol. The number of allylic oxidation sites excluding steroid dienone is 4. The van der Waals surface area contributed by atoms with Crippen molar-refractivity contribution in [1.29, 1.82) is 0 Å². The molecule has 8 heteroatoms. The fourth-order valence-corrected chi connectivity index (χ4v) is 8.37. The highest BCUT2D eigenvalue weighted by molar-refractivity contribution is 8.10. The molecule has 0 spiro atoms. The van der Waals surface area contributed by atoms with E-state index in [0.29, 0.717) is 5.57 Å². The van der Waals surface area contributed by atoms with Crippen LogP contribution in [-0.4, -0.2) is 33.9 Å². The van der Waals surface area contributed by atoms with E-state index in [9.17, 15) is 16.8 Å². The first-order valence-corrected chi connectivity index (χ1v) is 12.5. The molecule has 0 fully saturated rings. The molecule has 0 heterocycles. The Kier molecular flexibility index (Phi) is 6.36. The molecule has 1 aliphatic rings. The highest BCUT2D eigenvalue weighted by atomic mass is 32.3. The Hall–Kier alpha value is -2.55. The van der Waals surface area contributed by atoms with Crippen molar-refractivity contribution < 1.29 is 26.0 Å². The summed E-state index contributed by atoms with van der Waals surface area (Å²) < 4.78 is 73.7. The summed E-state index contributed by atoms with van der Waals surface area (Å²) in [5.74, 6) is 0. The third kappa shape index (κ3) is 3.58. The number of rotatable bonds is 7. The Morgan fingerprint density at radius 2 is 1.42 bits per heavy atom. The summed E-state index contributed by atoms with van der Waals surface area (Å²) in [6, 6.07) is 13.4. The van der Waals surface area contributed by atoms with E-state index in [1.165, 1.54) is 60.7 Å². The largest absolute Gasteiger partial charge is 0.368 e. The van der Waals surface area contributed by atoms with Crippen LogP contribution in [0.1, 0.15) is 13.3 Å². The lowest BCUT2D eigenvalue weighted by molar-refractivity contribution is -0.0208. The number of ether oxygens (including phenoxy) is 1. The first kappa shape index (κ1) is 23.1. The molecule has 0 aliphatic heterocycles. The second-order valence-corrected chi connectivity index (χ2v) is 11.4. The maximum absolute atomic E-state index is 17.3. The van der Waals surface area contributed by atoms with Crippen molar-refractivity contribution in [1.82, 2.24) is 0 Å². The second-order valence-electron chi connectivity index (χ2n) is 7.04. The summed E-state index contributed by atoms with van der Waals surface area (Å²) >= 11 is 0. The van der Waals surface area contributed by atoms with E-state index < -0.39 is 39.4 Å². The minimum atomic E-state index is -5.10. The van der Waals surface area contributed by atoms with Gasteiger partial charge in [0.25, 0.3) is 0 Å². The average Bonchev–Trinajstić information content (AvgIpc) is 2.79. The van der Waals surface area contributed by atoms with Crippen LogP contribution in [0.2, 0.25) is 0 Å². The van der Waals surface area contributed by atoms with Crippen LogP contribution in [-0.2, 0) is 24.4 Å². The van der Waals surface area contributed by atoms with Gasteiger partial charge in [0.2, 0.25) is 19.7 Å². The van der Waals surface area contributed by atoms with Crippen LogP contribution in [0.5, 0.6) is 0 Å². The quantitative estimate of drug-likeness (QED) is 0.609. The predicted octanol–water partition coefficient (Wildman–Crippen LogP) is 4.41. The summed E-state index contributed by atoms with van der Waals surface area (Å²) in [4.78, 5) is -0.909. The molecule has 1 aliphatic carbocycles. The highest BCUT2D eigenvalue weighted by Gasteiger charge is 2.70. The Bertz CT molecular complexity index is 1160. The molecule has 5 nitrogen and oxygen atoms in total. The fraction of sp³-hybridized carbons (Fsp3) is 0.217. The van der Waals surface area contributed by atoms with Gasteiger partial charge in [-0.1, -0.05) is 60.7 Å². The van der Waals surface area contributed by atoms with Gasteiger partial charge in [-0.25, -0.2) is 21.2 Å². The number of halogens is 1. The lowest BCUT2D eigenvalue weighted by atomic mass is 9.90. The van der Waals surface area contributed by atoms with E-state index in [-0.39, 0.29) is 6.42 Å². The SMILES string of the molecule is CC=CC1=CC=CC(OC)(C(F)(S(=O)(=O)c2ccccc2)S(=O)(=O)c2ccccc2)C1. The van der Waals surface area contributed by atoms with Gasteiger partial charge in [-0.3, -0.25) is 0 Å². The number of hydrogen-bond donors (Lipinski definition) is 0. The van der Waals surface area contributed by atoms with Gasteiger partial charge >= 0.3 is 4.33 Å². The molecular formula is C23H23FO5S2. The van der Waals surface area contributed by atoms with Gasteiger partial charge in [0.05, 0.1) is 9.79 Å². The third-order valence-electron chi connectivity index (χ3n) is 5.19. The van der Waals surface area contributed by atoms with Gasteiger partial charge in [0.1, 0.15) is 0 Å². The van der Waals surface area contributed by atoms with Crippen LogP contribution in [0.25, 0.3) is 0 Å². The van der Waals surface area contributed by atoms with Crippen LogP contribution < -0.4 is 0 Å². The third-order valence-corrected chi connectivity index (χ3v) is 10.4. The highest BCUT2D eigenvalue weighted by Crippen LogP contribution is 2.50. The molecule has 0 bridgehead atoms.